The second-order valence-corrected chi connectivity index (χ2v) is 5.47. The fraction of sp³-hybridized carbons (Fsp3) is 0.882. The van der Waals surface area contributed by atoms with Gasteiger partial charge in [0.1, 0.15) is 0 Å². The summed E-state index contributed by atoms with van der Waals surface area (Å²) in [6.45, 7) is 2.27. The molecule has 0 amide bonds. The molecule has 0 radical (unpaired) electrons. The van der Waals surface area contributed by atoms with E-state index in [-0.39, 0.29) is 0 Å². The fourth-order valence-corrected chi connectivity index (χ4v) is 2.33. The van der Waals surface area contributed by atoms with Crippen LogP contribution in [0.4, 0.5) is 0 Å². The van der Waals surface area contributed by atoms with Crippen LogP contribution in [0.3, 0.4) is 0 Å². The van der Waals surface area contributed by atoms with Crippen LogP contribution >= 0.6 is 0 Å². The molecule has 0 fully saturated rings. The van der Waals surface area contributed by atoms with E-state index in [0.29, 0.717) is 6.04 Å². The highest BCUT2D eigenvalue weighted by molar-refractivity contribution is 4.83. The van der Waals surface area contributed by atoms with Gasteiger partial charge >= 0.3 is 0 Å². The van der Waals surface area contributed by atoms with Gasteiger partial charge in [-0.3, -0.25) is 0 Å². The zero-order valence-electron chi connectivity index (χ0n) is 12.4. The van der Waals surface area contributed by atoms with E-state index in [4.69, 9.17) is 12.2 Å². The van der Waals surface area contributed by atoms with E-state index in [9.17, 15) is 0 Å². The number of nitrogens with two attached hydrogens (primary N) is 1. The van der Waals surface area contributed by atoms with Gasteiger partial charge in [-0.15, -0.1) is 12.3 Å². The molecule has 0 aliphatic rings. The molecule has 0 aliphatic heterocycles. The maximum Gasteiger partial charge on any atom is 0.00866 e. The third kappa shape index (κ3) is 13.6. The first kappa shape index (κ1) is 17.5. The van der Waals surface area contributed by atoms with Crippen LogP contribution < -0.4 is 5.73 Å². The Kier molecular flexibility index (Phi) is 14.2. The van der Waals surface area contributed by atoms with Crippen molar-refractivity contribution in [2.24, 2.45) is 5.73 Å². The van der Waals surface area contributed by atoms with Gasteiger partial charge in [0.2, 0.25) is 0 Å². The van der Waals surface area contributed by atoms with Crippen molar-refractivity contribution >= 4 is 0 Å². The van der Waals surface area contributed by atoms with Gasteiger partial charge in [0.15, 0.2) is 0 Å². The van der Waals surface area contributed by atoms with Crippen LogP contribution in [0.25, 0.3) is 0 Å². The fourth-order valence-electron chi connectivity index (χ4n) is 2.33. The van der Waals surface area contributed by atoms with Crippen molar-refractivity contribution < 1.29 is 0 Å². The Balaban J connectivity index is 3.08. The third-order valence-corrected chi connectivity index (χ3v) is 3.57. The molecule has 1 unspecified atom stereocenters. The number of terminal acetylenes is 1. The lowest BCUT2D eigenvalue weighted by Gasteiger charge is -2.10. The third-order valence-electron chi connectivity index (χ3n) is 3.57. The molecule has 0 aromatic heterocycles. The first-order valence-electron chi connectivity index (χ1n) is 8.00. The predicted molar refractivity (Wildman–Crippen MR) is 82.5 cm³/mol. The Morgan fingerprint density at radius 3 is 1.89 bits per heavy atom. The summed E-state index contributed by atoms with van der Waals surface area (Å²) in [4.78, 5) is 0. The van der Waals surface area contributed by atoms with Gasteiger partial charge in [0.25, 0.3) is 0 Å². The minimum Gasteiger partial charge on any atom is -0.328 e. The van der Waals surface area contributed by atoms with Crippen LogP contribution in [0.15, 0.2) is 0 Å². The molecule has 106 valence electrons. The molecule has 1 heteroatoms. The monoisotopic (exact) mass is 251 g/mol. The minimum absolute atomic E-state index is 0.378. The molecular formula is C17H33N. The smallest absolute Gasteiger partial charge is 0.00866 e. The first-order chi connectivity index (χ1) is 8.81. The first-order valence-corrected chi connectivity index (χ1v) is 8.00. The SMILES string of the molecule is C#CCCCC(N)CCCCCCCCCCC. The quantitative estimate of drug-likeness (QED) is 0.360. The van der Waals surface area contributed by atoms with Gasteiger partial charge in [-0.25, -0.2) is 0 Å². The molecule has 0 spiro atoms. The van der Waals surface area contributed by atoms with Crippen molar-refractivity contribution in [1.82, 2.24) is 0 Å². The van der Waals surface area contributed by atoms with E-state index in [1.807, 2.05) is 0 Å². The van der Waals surface area contributed by atoms with Crippen molar-refractivity contribution in [3.05, 3.63) is 0 Å². The Morgan fingerprint density at radius 2 is 1.33 bits per heavy atom. The van der Waals surface area contributed by atoms with Crippen LogP contribution in [-0.4, -0.2) is 6.04 Å². The molecule has 0 aromatic carbocycles. The summed E-state index contributed by atoms with van der Waals surface area (Å²) >= 11 is 0. The molecule has 0 heterocycles. The standard InChI is InChI=1S/C17H33N/c1-3-5-7-8-9-10-11-12-14-16-17(18)15-13-6-4-2/h2,17H,3,5-16,18H2,1H3. The van der Waals surface area contributed by atoms with Crippen molar-refractivity contribution in [3.63, 3.8) is 0 Å². The van der Waals surface area contributed by atoms with Crippen LogP contribution in [0.2, 0.25) is 0 Å². The maximum absolute atomic E-state index is 6.04. The number of hydrogen-bond acceptors (Lipinski definition) is 1. The van der Waals surface area contributed by atoms with E-state index in [2.05, 4.69) is 12.8 Å². The molecule has 0 saturated carbocycles. The Hall–Kier alpha value is -0.480. The molecule has 0 aromatic rings. The van der Waals surface area contributed by atoms with E-state index in [0.717, 1.165) is 19.3 Å². The molecule has 18 heavy (non-hydrogen) atoms. The molecule has 0 rings (SSSR count). The van der Waals surface area contributed by atoms with Crippen molar-refractivity contribution in [2.45, 2.75) is 96.4 Å². The highest BCUT2D eigenvalue weighted by atomic mass is 14.6. The lowest BCUT2D eigenvalue weighted by atomic mass is 10.0. The summed E-state index contributed by atoms with van der Waals surface area (Å²) in [6, 6.07) is 0.378. The lowest BCUT2D eigenvalue weighted by molar-refractivity contribution is 0.498. The Bertz CT molecular complexity index is 192. The van der Waals surface area contributed by atoms with E-state index in [1.165, 1.54) is 64.2 Å². The van der Waals surface area contributed by atoms with Gasteiger partial charge in [-0.2, -0.15) is 0 Å². The number of rotatable bonds is 13. The van der Waals surface area contributed by atoms with Crippen molar-refractivity contribution in [1.29, 1.82) is 0 Å². The number of unbranched alkanes of at least 4 members (excludes halogenated alkanes) is 9. The highest BCUT2D eigenvalue weighted by Gasteiger charge is 2.01. The minimum atomic E-state index is 0.378. The van der Waals surface area contributed by atoms with Crippen LogP contribution in [0, 0.1) is 12.3 Å². The second-order valence-electron chi connectivity index (χ2n) is 5.47. The molecule has 0 aliphatic carbocycles. The number of hydrogen-bond donors (Lipinski definition) is 1. The van der Waals surface area contributed by atoms with Crippen LogP contribution in [0.5, 0.6) is 0 Å². The second kappa shape index (κ2) is 14.6. The lowest BCUT2D eigenvalue weighted by Crippen LogP contribution is -2.19. The van der Waals surface area contributed by atoms with Gasteiger partial charge in [-0.1, -0.05) is 64.7 Å². The average Bonchev–Trinajstić information content (AvgIpc) is 2.37. The van der Waals surface area contributed by atoms with Gasteiger partial charge in [0, 0.05) is 12.5 Å². The van der Waals surface area contributed by atoms with Crippen LogP contribution in [-0.2, 0) is 0 Å². The normalized spacial score (nSPS) is 12.3. The zero-order chi connectivity index (χ0) is 13.5. The summed E-state index contributed by atoms with van der Waals surface area (Å²) in [5, 5.41) is 0. The summed E-state index contributed by atoms with van der Waals surface area (Å²) in [6.07, 6.45) is 22.0. The summed E-state index contributed by atoms with van der Waals surface area (Å²) in [7, 11) is 0. The molecule has 0 bridgehead atoms. The summed E-state index contributed by atoms with van der Waals surface area (Å²) in [5.74, 6) is 2.67. The van der Waals surface area contributed by atoms with E-state index >= 15 is 0 Å². The zero-order valence-corrected chi connectivity index (χ0v) is 12.4. The molecule has 2 N–H and O–H groups in total. The largest absolute Gasteiger partial charge is 0.328 e. The molecular weight excluding hydrogens is 218 g/mol. The predicted octanol–water partition coefficient (Wildman–Crippen LogP) is 5.04. The Labute approximate surface area is 115 Å². The summed E-state index contributed by atoms with van der Waals surface area (Å²) < 4.78 is 0. The van der Waals surface area contributed by atoms with Crippen molar-refractivity contribution in [2.75, 3.05) is 0 Å². The molecule has 1 atom stereocenters. The van der Waals surface area contributed by atoms with E-state index in [1.54, 1.807) is 0 Å². The van der Waals surface area contributed by atoms with Gasteiger partial charge in [-0.05, 0) is 19.3 Å². The molecule has 0 saturated heterocycles. The Morgan fingerprint density at radius 1 is 0.833 bits per heavy atom. The van der Waals surface area contributed by atoms with Gasteiger partial charge < -0.3 is 5.73 Å². The highest BCUT2D eigenvalue weighted by Crippen LogP contribution is 2.12. The summed E-state index contributed by atoms with van der Waals surface area (Å²) in [5.41, 5.74) is 6.04. The topological polar surface area (TPSA) is 26.0 Å². The average molecular weight is 251 g/mol. The van der Waals surface area contributed by atoms with Gasteiger partial charge in [0.05, 0.1) is 0 Å². The van der Waals surface area contributed by atoms with Crippen molar-refractivity contribution in [3.8, 4) is 12.3 Å². The van der Waals surface area contributed by atoms with Crippen LogP contribution in [0.1, 0.15) is 90.4 Å². The molecule has 1 nitrogen and oxygen atoms in total. The maximum atomic E-state index is 6.04. The van der Waals surface area contributed by atoms with E-state index < -0.39 is 0 Å².